The summed E-state index contributed by atoms with van der Waals surface area (Å²) in [5, 5.41) is 27.2. The van der Waals surface area contributed by atoms with E-state index >= 15 is 0 Å². The molecule has 2 aromatic heterocycles. The Hall–Kier alpha value is -6.73. The average molecular weight is 966 g/mol. The second-order valence-electron chi connectivity index (χ2n) is 18.9. The number of ether oxygens (including phenoxy) is 2. The highest BCUT2D eigenvalue weighted by molar-refractivity contribution is 6.13. The zero-order valence-corrected chi connectivity index (χ0v) is 39.9. The molecule has 70 heavy (non-hydrogen) atoms. The van der Waals surface area contributed by atoms with Gasteiger partial charge < -0.3 is 34.9 Å². The van der Waals surface area contributed by atoms with E-state index in [0.717, 1.165) is 57.5 Å². The van der Waals surface area contributed by atoms with Crippen LogP contribution in [-0.2, 0) is 90.6 Å². The van der Waals surface area contributed by atoms with Gasteiger partial charge in [0, 0.05) is 86.3 Å². The highest BCUT2D eigenvalue weighted by atomic mass is 16.6. The Bertz CT molecular complexity index is 2760. The summed E-state index contributed by atoms with van der Waals surface area (Å²) in [5.74, 6) is -6.04. The van der Waals surface area contributed by atoms with Crippen LogP contribution in [0.3, 0.4) is 0 Å². The number of imide groups is 1. The number of carboxylic acids is 1. The van der Waals surface area contributed by atoms with Crippen LogP contribution in [0.1, 0.15) is 119 Å². The molecular formula is C51H59N5O14. The number of nitrogens with one attached hydrogen (secondary N) is 2. The molecule has 7 rings (SSSR count). The number of nitrogens with zero attached hydrogens (tertiary/aromatic N) is 3. The number of aliphatic hydroxyl groups is 1. The summed E-state index contributed by atoms with van der Waals surface area (Å²) in [6.07, 6.45) is 4.28. The normalized spacial score (nSPS) is 18.0. The van der Waals surface area contributed by atoms with Gasteiger partial charge >= 0.3 is 11.9 Å². The minimum atomic E-state index is -1.94. The molecule has 4 aliphatic rings. The molecule has 4 atom stereocenters. The SMILES string of the molecule is CC[C@@]1(O)C(=O)OCc2c1cc1n(c2=O)Cc2c-1nc1ccc(CC(=O)[C@H](C)NC(=O)[C@@H](CC(=O)CC[C@H](NC(=O)CCOCCCC(=O)CCN3C(=O)C=CC3=O)C(=O)O)C(C)C)c3c1c2CCC3. The molecule has 4 N–H and O–H groups in total. The van der Waals surface area contributed by atoms with Crippen molar-refractivity contribution in [1.82, 2.24) is 25.1 Å². The number of cyclic esters (lactones) is 1. The van der Waals surface area contributed by atoms with E-state index < -0.39 is 59.2 Å². The van der Waals surface area contributed by atoms with E-state index in [1.807, 2.05) is 12.1 Å². The number of amides is 4. The van der Waals surface area contributed by atoms with Gasteiger partial charge in [0.05, 0.1) is 41.7 Å². The van der Waals surface area contributed by atoms with E-state index in [9.17, 15) is 58.2 Å². The van der Waals surface area contributed by atoms with Crippen molar-refractivity contribution in [2.75, 3.05) is 19.8 Å². The number of carbonyl (C=O) groups excluding carboxylic acids is 8. The van der Waals surface area contributed by atoms with Gasteiger partial charge in [0.2, 0.25) is 11.8 Å². The molecule has 1 aromatic carbocycles. The van der Waals surface area contributed by atoms with E-state index in [1.54, 1.807) is 38.3 Å². The van der Waals surface area contributed by atoms with Crippen molar-refractivity contribution in [1.29, 1.82) is 0 Å². The molecule has 19 heteroatoms. The molecule has 0 saturated heterocycles. The number of fused-ring (bicyclic) bond motifs is 5. The van der Waals surface area contributed by atoms with E-state index in [1.165, 1.54) is 0 Å². The van der Waals surface area contributed by atoms with Crippen LogP contribution in [0.15, 0.2) is 35.1 Å². The van der Waals surface area contributed by atoms with Crippen molar-refractivity contribution in [2.45, 2.75) is 136 Å². The molecular weight excluding hydrogens is 907 g/mol. The minimum absolute atomic E-state index is 0.000442. The monoisotopic (exact) mass is 965 g/mol. The van der Waals surface area contributed by atoms with Crippen LogP contribution in [0.5, 0.6) is 0 Å². The second-order valence-corrected chi connectivity index (χ2v) is 18.9. The first kappa shape index (κ1) is 51.1. The van der Waals surface area contributed by atoms with E-state index in [0.29, 0.717) is 29.7 Å². The number of pyridine rings is 2. The van der Waals surface area contributed by atoms with Gasteiger partial charge in [-0.05, 0) is 80.2 Å². The van der Waals surface area contributed by atoms with Gasteiger partial charge in [-0.3, -0.25) is 43.3 Å². The zero-order chi connectivity index (χ0) is 50.6. The maximum atomic E-state index is 13.8. The maximum absolute atomic E-state index is 13.8. The molecule has 1 aliphatic carbocycles. The largest absolute Gasteiger partial charge is 0.480 e. The third kappa shape index (κ3) is 10.7. The highest BCUT2D eigenvalue weighted by Crippen LogP contribution is 2.43. The van der Waals surface area contributed by atoms with Gasteiger partial charge in [-0.2, -0.15) is 0 Å². The molecule has 0 fully saturated rings. The lowest BCUT2D eigenvalue weighted by atomic mass is 9.83. The summed E-state index contributed by atoms with van der Waals surface area (Å²) >= 11 is 0. The summed E-state index contributed by atoms with van der Waals surface area (Å²) in [5.41, 5.74) is 3.72. The number of benzene rings is 1. The smallest absolute Gasteiger partial charge is 0.343 e. The molecule has 0 saturated carbocycles. The van der Waals surface area contributed by atoms with Crippen LogP contribution in [0, 0.1) is 11.8 Å². The molecule has 3 aliphatic heterocycles. The molecule has 3 aromatic rings. The van der Waals surface area contributed by atoms with Crippen LogP contribution in [-0.4, -0.2) is 109 Å². The summed E-state index contributed by atoms with van der Waals surface area (Å²) in [6, 6.07) is 3.12. The van der Waals surface area contributed by atoms with Crippen molar-refractivity contribution in [2.24, 2.45) is 11.8 Å². The number of aryl methyl sites for hydroxylation is 2. The topological polar surface area (TPSA) is 275 Å². The quantitative estimate of drug-likeness (QED) is 0.0447. The second kappa shape index (κ2) is 21.5. The van der Waals surface area contributed by atoms with Gasteiger partial charge in [0.1, 0.15) is 24.2 Å². The van der Waals surface area contributed by atoms with Gasteiger partial charge in [0.25, 0.3) is 17.4 Å². The van der Waals surface area contributed by atoms with E-state index in [-0.39, 0.29) is 124 Å². The Kier molecular flexibility index (Phi) is 15.7. The number of ketones is 3. The number of hydrogen-bond acceptors (Lipinski definition) is 14. The number of esters is 1. The van der Waals surface area contributed by atoms with Crippen LogP contribution in [0.2, 0.25) is 0 Å². The predicted molar refractivity (Wildman–Crippen MR) is 250 cm³/mol. The maximum Gasteiger partial charge on any atom is 0.343 e. The lowest BCUT2D eigenvalue weighted by Crippen LogP contribution is -2.44. The Balaban J connectivity index is 0.891. The van der Waals surface area contributed by atoms with Crippen LogP contribution in [0.4, 0.5) is 0 Å². The fourth-order valence-electron chi connectivity index (χ4n) is 9.75. The Morgan fingerprint density at radius 1 is 0.886 bits per heavy atom. The first-order valence-corrected chi connectivity index (χ1v) is 24.0. The van der Waals surface area contributed by atoms with Gasteiger partial charge in [-0.25, -0.2) is 14.6 Å². The lowest BCUT2D eigenvalue weighted by Gasteiger charge is -2.31. The van der Waals surface area contributed by atoms with Gasteiger partial charge in [0.15, 0.2) is 11.4 Å². The van der Waals surface area contributed by atoms with Crippen molar-refractivity contribution in [3.63, 3.8) is 0 Å². The number of aliphatic carboxylic acids is 1. The number of aromatic nitrogens is 2. The third-order valence-electron chi connectivity index (χ3n) is 13.9. The standard InChI is InChI=1S/C51H59N5O14/c1-5-51(68)37-24-40-46-35(25-56(40)48(64)36(37)26-70-50(51)67)33-10-6-9-32-29(11-13-38(54-46)45(32)33)22-41(59)28(4)52-47(63)34(27(2)3)23-31(58)12-14-39(49(65)66)53-42(60)18-21-69-20-7-8-30(57)17-19-55-43(61)15-16-44(55)62/h11,13,15-16,24,27-28,34,39,68H,5-10,12,14,17-23,25-26H2,1-4H3,(H,52,63)(H,53,60)(H,65,66)/t28-,34-,39-,51-/m0/s1. The minimum Gasteiger partial charge on any atom is -0.480 e. The molecule has 0 radical (unpaired) electrons. The van der Waals surface area contributed by atoms with E-state index in [2.05, 4.69) is 10.6 Å². The first-order chi connectivity index (χ1) is 33.3. The number of Topliss-reactive ketones (excluding diaryl/α,β-unsaturated/α-hetero) is 3. The number of carbonyl (C=O) groups is 9. The number of carboxylic acid groups (broad SMARTS) is 1. The third-order valence-corrected chi connectivity index (χ3v) is 13.9. The number of hydrogen-bond donors (Lipinski definition) is 4. The summed E-state index contributed by atoms with van der Waals surface area (Å²) in [6.45, 7) is 6.95. The fraction of sp³-hybridized carbons (Fsp3) is 0.510. The Labute approximate surface area is 403 Å². The van der Waals surface area contributed by atoms with E-state index in [4.69, 9.17) is 14.5 Å². The summed E-state index contributed by atoms with van der Waals surface area (Å²) < 4.78 is 12.3. The fourth-order valence-corrected chi connectivity index (χ4v) is 9.75. The number of rotatable bonds is 24. The molecule has 0 spiro atoms. The summed E-state index contributed by atoms with van der Waals surface area (Å²) in [4.78, 5) is 133. The molecule has 0 bridgehead atoms. The molecule has 4 amide bonds. The molecule has 0 unspecified atom stereocenters. The molecule has 19 nitrogen and oxygen atoms in total. The van der Waals surface area contributed by atoms with Crippen LogP contribution < -0.4 is 16.2 Å². The highest BCUT2D eigenvalue weighted by Gasteiger charge is 2.46. The first-order valence-electron chi connectivity index (χ1n) is 24.0. The van der Waals surface area contributed by atoms with Crippen molar-refractivity contribution in [3.8, 4) is 11.4 Å². The van der Waals surface area contributed by atoms with Crippen molar-refractivity contribution >= 4 is 63.8 Å². The zero-order valence-electron chi connectivity index (χ0n) is 39.9. The molecule has 5 heterocycles. The Morgan fingerprint density at radius 2 is 1.61 bits per heavy atom. The Morgan fingerprint density at radius 3 is 2.31 bits per heavy atom. The summed E-state index contributed by atoms with van der Waals surface area (Å²) in [7, 11) is 0. The van der Waals surface area contributed by atoms with Gasteiger partial charge in [-0.15, -0.1) is 0 Å². The molecule has 372 valence electrons. The van der Waals surface area contributed by atoms with Gasteiger partial charge in [-0.1, -0.05) is 26.8 Å². The van der Waals surface area contributed by atoms with Crippen LogP contribution >= 0.6 is 0 Å². The predicted octanol–water partition coefficient (Wildman–Crippen LogP) is 2.84. The van der Waals surface area contributed by atoms with Crippen LogP contribution in [0.25, 0.3) is 22.3 Å². The van der Waals surface area contributed by atoms with Crippen molar-refractivity contribution < 1.29 is 62.8 Å². The average Bonchev–Trinajstić information content (AvgIpc) is 3.86. The lowest BCUT2D eigenvalue weighted by molar-refractivity contribution is -0.172. The van der Waals surface area contributed by atoms with Crippen molar-refractivity contribution in [3.05, 3.63) is 74.1 Å².